The second kappa shape index (κ2) is 5.48. The maximum atomic E-state index is 5.98. The van der Waals surface area contributed by atoms with E-state index in [0.717, 1.165) is 11.1 Å². The molecule has 1 atom stereocenters. The number of rotatable bonds is 4. The Bertz CT molecular complexity index is 522. The van der Waals surface area contributed by atoms with Gasteiger partial charge in [-0.3, -0.25) is 0 Å². The number of aromatic nitrogens is 2. The topological polar surface area (TPSA) is 74.2 Å². The second-order valence-corrected chi connectivity index (χ2v) is 4.47. The number of nitrogens with two attached hydrogens (primary N) is 1. The van der Waals surface area contributed by atoms with Crippen LogP contribution in [0.15, 0.2) is 22.7 Å². The molecular formula is C12H14ClN3O2. The van der Waals surface area contributed by atoms with Crippen LogP contribution in [0, 0.1) is 6.92 Å². The molecule has 2 N–H and O–H groups in total. The molecule has 1 heterocycles. The summed E-state index contributed by atoms with van der Waals surface area (Å²) in [5, 5.41) is 4.47. The van der Waals surface area contributed by atoms with E-state index in [-0.39, 0.29) is 0 Å². The van der Waals surface area contributed by atoms with Crippen LogP contribution in [0.25, 0.3) is 11.5 Å². The molecule has 1 aromatic heterocycles. The molecule has 0 amide bonds. The Morgan fingerprint density at radius 3 is 2.89 bits per heavy atom. The molecule has 6 heteroatoms. The molecule has 5 nitrogen and oxygen atoms in total. The summed E-state index contributed by atoms with van der Waals surface area (Å²) < 4.78 is 10.1. The Kier molecular flexibility index (Phi) is 3.96. The minimum atomic E-state index is -0.396. The van der Waals surface area contributed by atoms with Gasteiger partial charge in [-0.1, -0.05) is 16.8 Å². The van der Waals surface area contributed by atoms with E-state index in [0.29, 0.717) is 23.3 Å². The normalized spacial score (nSPS) is 12.7. The van der Waals surface area contributed by atoms with Gasteiger partial charge in [-0.2, -0.15) is 4.98 Å². The first-order valence-corrected chi connectivity index (χ1v) is 5.83. The van der Waals surface area contributed by atoms with Crippen molar-refractivity contribution in [2.75, 3.05) is 13.7 Å². The zero-order chi connectivity index (χ0) is 13.1. The van der Waals surface area contributed by atoms with E-state index in [1.54, 1.807) is 13.2 Å². The molecule has 0 aliphatic carbocycles. The first-order valence-electron chi connectivity index (χ1n) is 5.46. The third-order valence-electron chi connectivity index (χ3n) is 2.41. The number of nitrogens with zero attached hydrogens (tertiary/aromatic N) is 2. The summed E-state index contributed by atoms with van der Waals surface area (Å²) in [6.45, 7) is 2.29. The number of aryl methyl sites for hydroxylation is 1. The van der Waals surface area contributed by atoms with E-state index in [9.17, 15) is 0 Å². The highest BCUT2D eigenvalue weighted by atomic mass is 35.5. The number of hydrogen-bond acceptors (Lipinski definition) is 5. The Balaban J connectivity index is 2.29. The smallest absolute Gasteiger partial charge is 0.258 e. The molecule has 0 saturated heterocycles. The van der Waals surface area contributed by atoms with Crippen LogP contribution in [0.4, 0.5) is 0 Å². The predicted molar refractivity (Wildman–Crippen MR) is 68.3 cm³/mol. The maximum Gasteiger partial charge on any atom is 0.258 e. The zero-order valence-corrected chi connectivity index (χ0v) is 10.9. The van der Waals surface area contributed by atoms with E-state index in [1.165, 1.54) is 0 Å². The van der Waals surface area contributed by atoms with Gasteiger partial charge in [0.2, 0.25) is 0 Å². The molecule has 0 aliphatic rings. The van der Waals surface area contributed by atoms with Gasteiger partial charge >= 0.3 is 0 Å². The molecule has 1 aromatic carbocycles. The third-order valence-corrected chi connectivity index (χ3v) is 2.63. The third kappa shape index (κ3) is 2.87. The van der Waals surface area contributed by atoms with Crippen LogP contribution in [-0.2, 0) is 4.74 Å². The number of ether oxygens (including phenoxy) is 1. The number of benzene rings is 1. The molecule has 0 aliphatic heterocycles. The summed E-state index contributed by atoms with van der Waals surface area (Å²) in [5.74, 6) is 0.826. The van der Waals surface area contributed by atoms with Gasteiger partial charge in [-0.05, 0) is 30.7 Å². The first kappa shape index (κ1) is 13.0. The van der Waals surface area contributed by atoms with Crippen molar-refractivity contribution < 1.29 is 9.26 Å². The van der Waals surface area contributed by atoms with Crippen LogP contribution in [-0.4, -0.2) is 23.9 Å². The van der Waals surface area contributed by atoms with Crippen LogP contribution in [0.2, 0.25) is 5.02 Å². The monoisotopic (exact) mass is 267 g/mol. The number of methoxy groups -OCH3 is 1. The van der Waals surface area contributed by atoms with Crippen molar-refractivity contribution in [3.05, 3.63) is 34.6 Å². The first-order chi connectivity index (χ1) is 8.60. The average Bonchev–Trinajstić information content (AvgIpc) is 2.77. The molecule has 0 saturated carbocycles. The van der Waals surface area contributed by atoms with Crippen molar-refractivity contribution in [2.45, 2.75) is 13.0 Å². The van der Waals surface area contributed by atoms with Gasteiger partial charge in [0, 0.05) is 17.7 Å². The van der Waals surface area contributed by atoms with Crippen molar-refractivity contribution in [3.8, 4) is 11.5 Å². The Morgan fingerprint density at radius 2 is 2.22 bits per heavy atom. The Morgan fingerprint density at radius 1 is 1.44 bits per heavy atom. The largest absolute Gasteiger partial charge is 0.383 e. The van der Waals surface area contributed by atoms with Gasteiger partial charge in [0.25, 0.3) is 5.89 Å². The molecule has 18 heavy (non-hydrogen) atoms. The summed E-state index contributed by atoms with van der Waals surface area (Å²) in [7, 11) is 1.57. The van der Waals surface area contributed by atoms with Gasteiger partial charge in [0.05, 0.1) is 12.6 Å². The fourth-order valence-electron chi connectivity index (χ4n) is 1.62. The second-order valence-electron chi connectivity index (χ2n) is 4.04. The standard InChI is InChI=1S/C12H14ClN3O2/c1-7-3-8(5-9(13)4-7)12-15-11(16-18-12)10(14)6-17-2/h3-5,10H,6,14H2,1-2H3. The molecule has 0 bridgehead atoms. The van der Waals surface area contributed by atoms with Gasteiger partial charge in [-0.15, -0.1) is 0 Å². The van der Waals surface area contributed by atoms with E-state index in [4.69, 9.17) is 26.6 Å². The average molecular weight is 268 g/mol. The summed E-state index contributed by atoms with van der Waals surface area (Å²) in [6.07, 6.45) is 0. The summed E-state index contributed by atoms with van der Waals surface area (Å²) in [4.78, 5) is 4.24. The predicted octanol–water partition coefficient (Wildman–Crippen LogP) is 2.34. The van der Waals surface area contributed by atoms with Crippen molar-refractivity contribution >= 4 is 11.6 Å². The highest BCUT2D eigenvalue weighted by Crippen LogP contribution is 2.24. The lowest BCUT2D eigenvalue weighted by Gasteiger charge is -2.03. The van der Waals surface area contributed by atoms with Crippen molar-refractivity contribution in [2.24, 2.45) is 5.73 Å². The van der Waals surface area contributed by atoms with Gasteiger partial charge < -0.3 is 15.0 Å². The van der Waals surface area contributed by atoms with Crippen LogP contribution >= 0.6 is 11.6 Å². The Labute approximate surface area is 110 Å². The SMILES string of the molecule is COCC(N)c1noc(-c2cc(C)cc(Cl)c2)n1. The van der Waals surface area contributed by atoms with Crippen LogP contribution < -0.4 is 5.73 Å². The lowest BCUT2D eigenvalue weighted by Crippen LogP contribution is -2.17. The van der Waals surface area contributed by atoms with Gasteiger partial charge in [-0.25, -0.2) is 0 Å². The summed E-state index contributed by atoms with van der Waals surface area (Å²) >= 11 is 5.98. The molecule has 1 unspecified atom stereocenters. The van der Waals surface area contributed by atoms with E-state index in [2.05, 4.69) is 10.1 Å². The number of hydrogen-bond donors (Lipinski definition) is 1. The summed E-state index contributed by atoms with van der Waals surface area (Å²) in [5.41, 5.74) is 7.63. The molecule has 0 fully saturated rings. The van der Waals surface area contributed by atoms with Crippen LogP contribution in [0.1, 0.15) is 17.4 Å². The Hall–Kier alpha value is -1.43. The summed E-state index contributed by atoms with van der Waals surface area (Å²) in [6, 6.07) is 5.16. The van der Waals surface area contributed by atoms with Gasteiger partial charge in [0.15, 0.2) is 5.82 Å². The zero-order valence-electron chi connectivity index (χ0n) is 10.2. The molecule has 0 radical (unpaired) electrons. The van der Waals surface area contributed by atoms with Gasteiger partial charge in [0.1, 0.15) is 0 Å². The lowest BCUT2D eigenvalue weighted by molar-refractivity contribution is 0.177. The van der Waals surface area contributed by atoms with E-state index >= 15 is 0 Å². The minimum absolute atomic E-state index is 0.341. The molecule has 96 valence electrons. The molecule has 0 spiro atoms. The highest BCUT2D eigenvalue weighted by Gasteiger charge is 2.15. The van der Waals surface area contributed by atoms with E-state index < -0.39 is 6.04 Å². The molecule has 2 aromatic rings. The lowest BCUT2D eigenvalue weighted by atomic mass is 10.1. The highest BCUT2D eigenvalue weighted by molar-refractivity contribution is 6.30. The van der Waals surface area contributed by atoms with Crippen molar-refractivity contribution in [1.29, 1.82) is 0 Å². The minimum Gasteiger partial charge on any atom is -0.383 e. The quantitative estimate of drug-likeness (QED) is 0.920. The van der Waals surface area contributed by atoms with Crippen molar-refractivity contribution in [1.82, 2.24) is 10.1 Å². The van der Waals surface area contributed by atoms with Crippen molar-refractivity contribution in [3.63, 3.8) is 0 Å². The van der Waals surface area contributed by atoms with Crippen LogP contribution in [0.5, 0.6) is 0 Å². The maximum absolute atomic E-state index is 5.98. The molecule has 2 rings (SSSR count). The fourth-order valence-corrected chi connectivity index (χ4v) is 1.91. The van der Waals surface area contributed by atoms with Crippen LogP contribution in [0.3, 0.4) is 0 Å². The molecular weight excluding hydrogens is 254 g/mol. The number of halogens is 1. The fraction of sp³-hybridized carbons (Fsp3) is 0.333. The van der Waals surface area contributed by atoms with E-state index in [1.807, 2.05) is 19.1 Å².